The van der Waals surface area contributed by atoms with E-state index in [1.165, 1.54) is 0 Å². The van der Waals surface area contributed by atoms with Gasteiger partial charge in [-0.2, -0.15) is 4.98 Å². The lowest BCUT2D eigenvalue weighted by Gasteiger charge is -2.25. The molecule has 1 saturated heterocycles. The van der Waals surface area contributed by atoms with Crippen LogP contribution in [0, 0.1) is 18.3 Å². The van der Waals surface area contributed by atoms with Gasteiger partial charge in [0.1, 0.15) is 22.4 Å². The van der Waals surface area contributed by atoms with Gasteiger partial charge in [-0.1, -0.05) is 20.8 Å². The molecule has 2 fully saturated rings. The molecule has 0 aromatic carbocycles. The molecule has 3 aromatic heterocycles. The van der Waals surface area contributed by atoms with Gasteiger partial charge in [0.15, 0.2) is 5.79 Å². The minimum atomic E-state index is -0.688. The molecular formula is C25H34N6O3S. The van der Waals surface area contributed by atoms with E-state index in [2.05, 4.69) is 36.4 Å². The lowest BCUT2D eigenvalue weighted by molar-refractivity contribution is -0.158. The number of hydrogen-bond acceptors (Lipinski definition) is 10. The van der Waals surface area contributed by atoms with Gasteiger partial charge in [-0.05, 0) is 38.7 Å². The monoisotopic (exact) mass is 498 g/mol. The topological polar surface area (TPSA) is 114 Å². The zero-order valence-corrected chi connectivity index (χ0v) is 21.9. The van der Waals surface area contributed by atoms with E-state index in [1.54, 1.807) is 23.7 Å². The standard InChI is InChI=1S/C25H34N6O3S/c1-13-18(22-30-16-10-26-8-7-17(16)35-22)21(31-23(28-13)27-12-24(2,3)4)29-15-9-14(11-32)19-20(15)34-25(5,6)33-19/h7-8,10,14-15,19-20,32H,9,11-12H2,1-6H3,(H2,27,28,29,31)/t14-,15-,19-,20+/m1/s1. The van der Waals surface area contributed by atoms with Crippen LogP contribution < -0.4 is 10.6 Å². The van der Waals surface area contributed by atoms with Crippen LogP contribution >= 0.6 is 11.3 Å². The molecule has 0 unspecified atom stereocenters. The molecule has 0 amide bonds. The first-order chi connectivity index (χ1) is 16.5. The first kappa shape index (κ1) is 24.3. The SMILES string of the molecule is Cc1nc(NCC(C)(C)C)nc(N[C@@H]2C[C@H](CO)[C@H]3OC(C)(C)O[C@H]32)c1-c1nc2cnccc2s1. The number of ether oxygens (including phenoxy) is 2. The van der Waals surface area contributed by atoms with Crippen LogP contribution in [0.4, 0.5) is 11.8 Å². The minimum Gasteiger partial charge on any atom is -0.396 e. The van der Waals surface area contributed by atoms with Gasteiger partial charge in [0, 0.05) is 25.3 Å². The van der Waals surface area contributed by atoms with E-state index < -0.39 is 5.79 Å². The third kappa shape index (κ3) is 4.97. The summed E-state index contributed by atoms with van der Waals surface area (Å²) in [7, 11) is 0. The summed E-state index contributed by atoms with van der Waals surface area (Å²) in [5, 5.41) is 17.9. The molecule has 2 aliphatic rings. The zero-order chi connectivity index (χ0) is 25.0. The summed E-state index contributed by atoms with van der Waals surface area (Å²) in [6.45, 7) is 13.1. The largest absolute Gasteiger partial charge is 0.396 e. The highest BCUT2D eigenvalue weighted by Gasteiger charge is 2.54. The molecule has 188 valence electrons. The fourth-order valence-electron chi connectivity index (χ4n) is 4.83. The Kier molecular flexibility index (Phi) is 6.19. The van der Waals surface area contributed by atoms with E-state index in [-0.39, 0.29) is 36.2 Å². The molecule has 3 aromatic rings. The van der Waals surface area contributed by atoms with Crippen molar-refractivity contribution in [3.05, 3.63) is 24.2 Å². The van der Waals surface area contributed by atoms with Crippen LogP contribution in [0.2, 0.25) is 0 Å². The van der Waals surface area contributed by atoms with Crippen LogP contribution in [-0.4, -0.2) is 62.2 Å². The van der Waals surface area contributed by atoms with Crippen molar-refractivity contribution in [2.45, 2.75) is 72.0 Å². The van der Waals surface area contributed by atoms with E-state index in [9.17, 15) is 5.11 Å². The average molecular weight is 499 g/mol. The van der Waals surface area contributed by atoms with Gasteiger partial charge in [-0.15, -0.1) is 11.3 Å². The molecule has 3 N–H and O–H groups in total. The number of fused-ring (bicyclic) bond motifs is 2. The second-order valence-electron chi connectivity index (χ2n) is 11.1. The van der Waals surface area contributed by atoms with Crippen LogP contribution in [0.25, 0.3) is 20.8 Å². The Morgan fingerprint density at radius 1 is 1.17 bits per heavy atom. The zero-order valence-electron chi connectivity index (χ0n) is 21.1. The van der Waals surface area contributed by atoms with Crippen molar-refractivity contribution in [1.29, 1.82) is 0 Å². The summed E-state index contributed by atoms with van der Waals surface area (Å²) in [4.78, 5) is 18.7. The molecule has 0 spiro atoms. The number of hydrogen-bond donors (Lipinski definition) is 3. The first-order valence-corrected chi connectivity index (χ1v) is 12.9. The van der Waals surface area contributed by atoms with E-state index in [1.807, 2.05) is 26.8 Å². The summed E-state index contributed by atoms with van der Waals surface area (Å²) in [5.74, 6) is 0.588. The molecular weight excluding hydrogens is 464 g/mol. The number of rotatable bonds is 6. The molecule has 5 rings (SSSR count). The summed E-state index contributed by atoms with van der Waals surface area (Å²) >= 11 is 1.60. The molecule has 9 nitrogen and oxygen atoms in total. The smallest absolute Gasteiger partial charge is 0.224 e. The summed E-state index contributed by atoms with van der Waals surface area (Å²) < 4.78 is 13.5. The van der Waals surface area contributed by atoms with Crippen LogP contribution in [0.3, 0.4) is 0 Å². The number of nitrogens with one attached hydrogen (secondary N) is 2. The predicted molar refractivity (Wildman–Crippen MR) is 138 cm³/mol. The average Bonchev–Trinajstić information content (AvgIpc) is 3.42. The Labute approximate surface area is 209 Å². The van der Waals surface area contributed by atoms with Crippen LogP contribution in [0.1, 0.15) is 46.7 Å². The van der Waals surface area contributed by atoms with Gasteiger partial charge >= 0.3 is 0 Å². The normalized spacial score (nSPS) is 25.7. The highest BCUT2D eigenvalue weighted by molar-refractivity contribution is 7.21. The Bertz CT molecular complexity index is 1190. The van der Waals surface area contributed by atoms with Crippen molar-refractivity contribution in [2.75, 3.05) is 23.8 Å². The second kappa shape index (κ2) is 8.92. The quantitative estimate of drug-likeness (QED) is 0.459. The van der Waals surface area contributed by atoms with Crippen molar-refractivity contribution in [2.24, 2.45) is 11.3 Å². The Morgan fingerprint density at radius 2 is 1.94 bits per heavy atom. The van der Waals surface area contributed by atoms with Crippen molar-refractivity contribution < 1.29 is 14.6 Å². The molecule has 1 saturated carbocycles. The lowest BCUT2D eigenvalue weighted by atomic mass is 9.97. The Balaban J connectivity index is 1.53. The van der Waals surface area contributed by atoms with Crippen molar-refractivity contribution in [3.8, 4) is 10.6 Å². The van der Waals surface area contributed by atoms with Crippen LogP contribution in [0.5, 0.6) is 0 Å². The summed E-state index contributed by atoms with van der Waals surface area (Å²) in [6.07, 6.45) is 3.93. The van der Waals surface area contributed by atoms with Gasteiger partial charge < -0.3 is 25.2 Å². The van der Waals surface area contributed by atoms with Crippen molar-refractivity contribution in [1.82, 2.24) is 19.9 Å². The van der Waals surface area contributed by atoms with E-state index in [0.29, 0.717) is 11.8 Å². The molecule has 4 atom stereocenters. The fourth-order valence-corrected chi connectivity index (χ4v) is 5.86. The predicted octanol–water partition coefficient (Wildman–Crippen LogP) is 4.23. The number of anilines is 2. The van der Waals surface area contributed by atoms with Gasteiger partial charge in [0.2, 0.25) is 5.95 Å². The summed E-state index contributed by atoms with van der Waals surface area (Å²) in [6, 6.07) is 1.90. The van der Waals surface area contributed by atoms with Gasteiger partial charge in [0.25, 0.3) is 0 Å². The van der Waals surface area contributed by atoms with Crippen molar-refractivity contribution >= 4 is 33.3 Å². The highest BCUT2D eigenvalue weighted by atomic mass is 32.1. The number of thiazole rings is 1. The molecule has 10 heteroatoms. The lowest BCUT2D eigenvalue weighted by Crippen LogP contribution is -2.35. The number of nitrogens with zero attached hydrogens (tertiary/aromatic N) is 4. The number of aliphatic hydroxyl groups excluding tert-OH is 1. The van der Waals surface area contributed by atoms with E-state index in [4.69, 9.17) is 24.4 Å². The van der Waals surface area contributed by atoms with E-state index >= 15 is 0 Å². The Hall–Kier alpha value is -2.40. The van der Waals surface area contributed by atoms with Crippen LogP contribution in [-0.2, 0) is 9.47 Å². The third-order valence-electron chi connectivity index (χ3n) is 6.41. The van der Waals surface area contributed by atoms with Gasteiger partial charge in [-0.3, -0.25) is 4.98 Å². The highest BCUT2D eigenvalue weighted by Crippen LogP contribution is 2.44. The second-order valence-corrected chi connectivity index (χ2v) is 12.2. The fraction of sp³-hybridized carbons (Fsp3) is 0.600. The summed E-state index contributed by atoms with van der Waals surface area (Å²) in [5.41, 5.74) is 2.64. The number of pyridine rings is 1. The van der Waals surface area contributed by atoms with Gasteiger partial charge in [-0.25, -0.2) is 9.97 Å². The maximum Gasteiger partial charge on any atom is 0.224 e. The molecule has 0 bridgehead atoms. The maximum atomic E-state index is 10.0. The number of aliphatic hydroxyl groups is 1. The molecule has 35 heavy (non-hydrogen) atoms. The Morgan fingerprint density at radius 3 is 2.66 bits per heavy atom. The minimum absolute atomic E-state index is 0.00216. The maximum absolute atomic E-state index is 10.0. The van der Waals surface area contributed by atoms with Gasteiger partial charge in [0.05, 0.1) is 34.3 Å². The van der Waals surface area contributed by atoms with E-state index in [0.717, 1.165) is 39.4 Å². The molecule has 0 radical (unpaired) electrons. The molecule has 1 aliphatic carbocycles. The number of aryl methyl sites for hydroxylation is 1. The van der Waals surface area contributed by atoms with Crippen LogP contribution in [0.15, 0.2) is 18.5 Å². The molecule has 4 heterocycles. The van der Waals surface area contributed by atoms with Crippen molar-refractivity contribution in [3.63, 3.8) is 0 Å². The number of aromatic nitrogens is 4. The third-order valence-corrected chi connectivity index (χ3v) is 7.46. The molecule has 1 aliphatic heterocycles. The first-order valence-electron chi connectivity index (χ1n) is 12.1.